The number of aliphatic hydroxyl groups is 1. The smallest absolute Gasteiger partial charge is 0.214 e. The summed E-state index contributed by atoms with van der Waals surface area (Å²) in [5.74, 6) is 0.361. The second-order valence-corrected chi connectivity index (χ2v) is 7.89. The molecule has 2 fully saturated rings. The highest BCUT2D eigenvalue weighted by Gasteiger charge is 2.29. The normalized spacial score (nSPS) is 30.4. The second kappa shape index (κ2) is 7.02. The van der Waals surface area contributed by atoms with Gasteiger partial charge >= 0.3 is 0 Å². The van der Waals surface area contributed by atoms with E-state index in [0.717, 1.165) is 25.8 Å². The van der Waals surface area contributed by atoms with E-state index in [1.54, 1.807) is 4.31 Å². The van der Waals surface area contributed by atoms with E-state index in [-0.39, 0.29) is 18.3 Å². The van der Waals surface area contributed by atoms with Crippen molar-refractivity contribution in [2.24, 2.45) is 5.92 Å². The molecule has 0 radical (unpaired) electrons. The van der Waals surface area contributed by atoms with Gasteiger partial charge in [-0.15, -0.1) is 0 Å². The van der Waals surface area contributed by atoms with Gasteiger partial charge in [0.2, 0.25) is 10.0 Å². The first kappa shape index (κ1) is 15.2. The molecule has 112 valence electrons. The van der Waals surface area contributed by atoms with Crippen LogP contribution < -0.4 is 5.32 Å². The largest absolute Gasteiger partial charge is 0.396 e. The van der Waals surface area contributed by atoms with Gasteiger partial charge in [-0.05, 0) is 44.6 Å². The summed E-state index contributed by atoms with van der Waals surface area (Å²) in [5, 5.41) is 12.6. The molecule has 2 unspecified atom stereocenters. The summed E-state index contributed by atoms with van der Waals surface area (Å²) in [6.45, 7) is 2.23. The molecule has 2 atom stereocenters. The van der Waals surface area contributed by atoms with E-state index in [1.807, 2.05) is 0 Å². The van der Waals surface area contributed by atoms with E-state index in [4.69, 9.17) is 0 Å². The van der Waals surface area contributed by atoms with Crippen molar-refractivity contribution in [1.82, 2.24) is 9.62 Å². The topological polar surface area (TPSA) is 69.6 Å². The molecule has 2 heterocycles. The first-order chi connectivity index (χ1) is 9.12. The van der Waals surface area contributed by atoms with E-state index in [0.29, 0.717) is 25.6 Å². The Hall–Kier alpha value is -0.170. The average Bonchev–Trinajstić information content (AvgIpc) is 2.46. The third kappa shape index (κ3) is 4.41. The molecular weight excluding hydrogens is 264 g/mol. The lowest BCUT2D eigenvalue weighted by Crippen LogP contribution is -2.43. The molecule has 19 heavy (non-hydrogen) atoms. The molecule has 2 N–H and O–H groups in total. The van der Waals surface area contributed by atoms with Gasteiger partial charge in [0, 0.05) is 25.7 Å². The van der Waals surface area contributed by atoms with Crippen molar-refractivity contribution in [2.75, 3.05) is 32.0 Å². The first-order valence-corrected chi connectivity index (χ1v) is 9.05. The predicted octanol–water partition coefficient (Wildman–Crippen LogP) is 0.553. The Morgan fingerprint density at radius 1 is 1.21 bits per heavy atom. The van der Waals surface area contributed by atoms with Crippen LogP contribution in [0, 0.1) is 5.92 Å². The molecule has 2 aliphatic rings. The van der Waals surface area contributed by atoms with Gasteiger partial charge in [-0.3, -0.25) is 0 Å². The molecule has 0 bridgehead atoms. The molecule has 6 heteroatoms. The van der Waals surface area contributed by atoms with E-state index in [2.05, 4.69) is 5.32 Å². The number of nitrogens with one attached hydrogen (secondary N) is 1. The first-order valence-electron chi connectivity index (χ1n) is 7.44. The average molecular weight is 290 g/mol. The maximum Gasteiger partial charge on any atom is 0.214 e. The zero-order chi connectivity index (χ0) is 13.7. The van der Waals surface area contributed by atoms with Crippen LogP contribution in [0.2, 0.25) is 0 Å². The Bertz CT molecular complexity index is 366. The molecule has 0 aromatic heterocycles. The van der Waals surface area contributed by atoms with E-state index in [1.165, 1.54) is 12.8 Å². The molecule has 0 spiro atoms. The summed E-state index contributed by atoms with van der Waals surface area (Å²) in [6.07, 6.45) is 6.01. The third-order valence-corrected chi connectivity index (χ3v) is 6.14. The number of hydrogen-bond acceptors (Lipinski definition) is 4. The van der Waals surface area contributed by atoms with Crippen LogP contribution >= 0.6 is 0 Å². The second-order valence-electron chi connectivity index (χ2n) is 5.80. The van der Waals surface area contributed by atoms with Gasteiger partial charge in [0.15, 0.2) is 0 Å². The van der Waals surface area contributed by atoms with Crippen molar-refractivity contribution >= 4 is 10.0 Å². The standard InChI is InChI=1S/C13H26N2O3S/c16-11-12-4-3-8-15(10-12)19(17,18)9-6-13-5-1-2-7-14-13/h12-14,16H,1-11H2. The minimum absolute atomic E-state index is 0.0935. The summed E-state index contributed by atoms with van der Waals surface area (Å²) < 4.78 is 26.2. The quantitative estimate of drug-likeness (QED) is 0.776. The van der Waals surface area contributed by atoms with E-state index >= 15 is 0 Å². The minimum atomic E-state index is -3.14. The van der Waals surface area contributed by atoms with Crippen molar-refractivity contribution < 1.29 is 13.5 Å². The lowest BCUT2D eigenvalue weighted by molar-refractivity contribution is 0.165. The fraction of sp³-hybridized carbons (Fsp3) is 1.00. The number of hydrogen-bond donors (Lipinski definition) is 2. The summed E-state index contributed by atoms with van der Waals surface area (Å²) >= 11 is 0. The fourth-order valence-corrected chi connectivity index (χ4v) is 4.71. The molecule has 2 rings (SSSR count). The molecule has 0 saturated carbocycles. The Kier molecular flexibility index (Phi) is 5.62. The number of nitrogens with zero attached hydrogens (tertiary/aromatic N) is 1. The Morgan fingerprint density at radius 3 is 2.74 bits per heavy atom. The third-order valence-electron chi connectivity index (χ3n) is 4.27. The molecule has 2 saturated heterocycles. The van der Waals surface area contributed by atoms with Crippen LogP contribution in [0.15, 0.2) is 0 Å². The zero-order valence-electron chi connectivity index (χ0n) is 11.6. The molecule has 0 aromatic rings. The highest BCUT2D eigenvalue weighted by atomic mass is 32.2. The van der Waals surface area contributed by atoms with E-state index < -0.39 is 10.0 Å². The number of aliphatic hydroxyl groups excluding tert-OH is 1. The fourth-order valence-electron chi connectivity index (χ4n) is 3.02. The van der Waals surface area contributed by atoms with Gasteiger partial charge < -0.3 is 10.4 Å². The van der Waals surface area contributed by atoms with Crippen LogP contribution in [-0.2, 0) is 10.0 Å². The highest BCUT2D eigenvalue weighted by Crippen LogP contribution is 2.20. The van der Waals surface area contributed by atoms with Crippen molar-refractivity contribution in [3.63, 3.8) is 0 Å². The van der Waals surface area contributed by atoms with Crippen LogP contribution in [0.25, 0.3) is 0 Å². The van der Waals surface area contributed by atoms with Crippen LogP contribution in [0.1, 0.15) is 38.5 Å². The van der Waals surface area contributed by atoms with Crippen molar-refractivity contribution in [3.05, 3.63) is 0 Å². The minimum Gasteiger partial charge on any atom is -0.396 e. The van der Waals surface area contributed by atoms with Crippen LogP contribution in [0.3, 0.4) is 0 Å². The lowest BCUT2D eigenvalue weighted by Gasteiger charge is -2.31. The summed E-state index contributed by atoms with van der Waals surface area (Å²) in [6, 6.07) is 0.363. The van der Waals surface area contributed by atoms with Crippen molar-refractivity contribution in [3.8, 4) is 0 Å². The predicted molar refractivity (Wildman–Crippen MR) is 75.4 cm³/mol. The van der Waals surface area contributed by atoms with Gasteiger partial charge in [-0.1, -0.05) is 6.42 Å². The molecular formula is C13H26N2O3S. The van der Waals surface area contributed by atoms with Gasteiger partial charge in [0.1, 0.15) is 0 Å². The van der Waals surface area contributed by atoms with E-state index in [9.17, 15) is 13.5 Å². The molecule has 0 aliphatic carbocycles. The number of piperidine rings is 2. The maximum atomic E-state index is 12.3. The van der Waals surface area contributed by atoms with Gasteiger partial charge in [0.25, 0.3) is 0 Å². The Labute approximate surface area is 116 Å². The van der Waals surface area contributed by atoms with Crippen LogP contribution in [0.4, 0.5) is 0 Å². The SMILES string of the molecule is O=S(=O)(CCC1CCCCN1)N1CCCC(CO)C1. The lowest BCUT2D eigenvalue weighted by atomic mass is 10.0. The molecule has 0 amide bonds. The highest BCUT2D eigenvalue weighted by molar-refractivity contribution is 7.89. The van der Waals surface area contributed by atoms with Gasteiger partial charge in [-0.25, -0.2) is 12.7 Å². The zero-order valence-corrected chi connectivity index (χ0v) is 12.4. The molecule has 2 aliphatic heterocycles. The number of rotatable bonds is 5. The number of sulfonamides is 1. The van der Waals surface area contributed by atoms with Gasteiger partial charge in [-0.2, -0.15) is 0 Å². The summed E-state index contributed by atoms with van der Waals surface area (Å²) in [4.78, 5) is 0. The Balaban J connectivity index is 1.83. The van der Waals surface area contributed by atoms with Crippen molar-refractivity contribution in [2.45, 2.75) is 44.6 Å². The van der Waals surface area contributed by atoms with Crippen molar-refractivity contribution in [1.29, 1.82) is 0 Å². The van der Waals surface area contributed by atoms with Crippen LogP contribution in [-0.4, -0.2) is 55.9 Å². The monoisotopic (exact) mass is 290 g/mol. The Morgan fingerprint density at radius 2 is 2.05 bits per heavy atom. The molecule has 5 nitrogen and oxygen atoms in total. The van der Waals surface area contributed by atoms with Gasteiger partial charge in [0.05, 0.1) is 5.75 Å². The summed E-state index contributed by atoms with van der Waals surface area (Å²) in [5.41, 5.74) is 0. The summed E-state index contributed by atoms with van der Waals surface area (Å²) in [7, 11) is -3.14. The van der Waals surface area contributed by atoms with Crippen LogP contribution in [0.5, 0.6) is 0 Å². The maximum absolute atomic E-state index is 12.3. The molecule has 0 aromatic carbocycles.